The van der Waals surface area contributed by atoms with Crippen molar-refractivity contribution in [2.24, 2.45) is 11.8 Å². The first-order chi connectivity index (χ1) is 6.63. The van der Waals surface area contributed by atoms with E-state index in [1.54, 1.807) is 0 Å². The summed E-state index contributed by atoms with van der Waals surface area (Å²) in [5.74, 6) is 1.99. The average molecular weight is 211 g/mol. The third-order valence-corrected chi connectivity index (χ3v) is 3.24. The molecule has 0 saturated carbocycles. The molecule has 0 heterocycles. The summed E-state index contributed by atoms with van der Waals surface area (Å²) in [4.78, 5) is 0. The fraction of sp³-hybridized carbons (Fsp3) is 0.538. The van der Waals surface area contributed by atoms with Crippen LogP contribution in [-0.2, 0) is 0 Å². The van der Waals surface area contributed by atoms with Gasteiger partial charge in [-0.3, -0.25) is 0 Å². The van der Waals surface area contributed by atoms with E-state index in [9.17, 15) is 0 Å². The maximum Gasteiger partial charge on any atom is 0.0430 e. The first-order valence-corrected chi connectivity index (χ1v) is 5.77. The summed E-state index contributed by atoms with van der Waals surface area (Å²) in [5, 5.41) is 0. The molecule has 0 nitrogen and oxygen atoms in total. The predicted octanol–water partition coefficient (Wildman–Crippen LogP) is 4.33. The Kier molecular flexibility index (Phi) is 4.47. The van der Waals surface area contributed by atoms with Crippen LogP contribution >= 0.6 is 11.6 Å². The molecule has 78 valence electrons. The zero-order valence-corrected chi connectivity index (χ0v) is 10.0. The summed E-state index contributed by atoms with van der Waals surface area (Å²) in [5.41, 5.74) is 2.67. The average Bonchev–Trinajstić information content (AvgIpc) is 2.19. The molecule has 0 aromatic heterocycles. The Bertz CT molecular complexity index is 271. The number of halogens is 1. The van der Waals surface area contributed by atoms with Gasteiger partial charge in [0.1, 0.15) is 0 Å². The lowest BCUT2D eigenvalue weighted by Gasteiger charge is -2.18. The topological polar surface area (TPSA) is 0 Å². The molecular weight excluding hydrogens is 192 g/mol. The van der Waals surface area contributed by atoms with Crippen molar-refractivity contribution in [2.45, 2.75) is 27.2 Å². The smallest absolute Gasteiger partial charge is 0.0430 e. The summed E-state index contributed by atoms with van der Waals surface area (Å²) in [6.07, 6.45) is 10.1. The third-order valence-electron chi connectivity index (χ3n) is 2.82. The Balaban J connectivity index is 2.55. The molecule has 0 N–H and O–H groups in total. The van der Waals surface area contributed by atoms with Gasteiger partial charge in [-0.2, -0.15) is 0 Å². The van der Waals surface area contributed by atoms with Gasteiger partial charge in [-0.1, -0.05) is 43.7 Å². The molecule has 2 atom stereocenters. The van der Waals surface area contributed by atoms with Crippen molar-refractivity contribution >= 4 is 11.6 Å². The predicted molar refractivity (Wildman–Crippen MR) is 64.6 cm³/mol. The van der Waals surface area contributed by atoms with Crippen LogP contribution in [0.25, 0.3) is 0 Å². The van der Waals surface area contributed by atoms with Crippen LogP contribution in [0.5, 0.6) is 0 Å². The van der Waals surface area contributed by atoms with Gasteiger partial charge in [0.2, 0.25) is 0 Å². The fourth-order valence-corrected chi connectivity index (χ4v) is 1.59. The standard InChI is InChI=1S/C13H19Cl/c1-10(9-14)4-6-13-7-5-11(2)12(3)8-13/h4-5,7-8,11-12H,6,9H2,1-3H3/b10-4+. The zero-order chi connectivity index (χ0) is 10.6. The summed E-state index contributed by atoms with van der Waals surface area (Å²) >= 11 is 5.72. The van der Waals surface area contributed by atoms with Crippen LogP contribution in [0.1, 0.15) is 27.2 Å². The van der Waals surface area contributed by atoms with Gasteiger partial charge < -0.3 is 0 Å². The molecule has 0 spiro atoms. The van der Waals surface area contributed by atoms with Crippen LogP contribution in [0.4, 0.5) is 0 Å². The largest absolute Gasteiger partial charge is 0.122 e. The van der Waals surface area contributed by atoms with Crippen molar-refractivity contribution in [1.82, 2.24) is 0 Å². The van der Waals surface area contributed by atoms with Gasteiger partial charge in [-0.25, -0.2) is 0 Å². The fourth-order valence-electron chi connectivity index (χ4n) is 1.48. The van der Waals surface area contributed by atoms with Crippen molar-refractivity contribution in [3.8, 4) is 0 Å². The maximum absolute atomic E-state index is 5.72. The van der Waals surface area contributed by atoms with Crippen LogP contribution in [-0.4, -0.2) is 5.88 Å². The van der Waals surface area contributed by atoms with Crippen LogP contribution in [0.3, 0.4) is 0 Å². The number of hydrogen-bond acceptors (Lipinski definition) is 0. The molecule has 0 radical (unpaired) electrons. The molecule has 1 heteroatoms. The quantitative estimate of drug-likeness (QED) is 0.481. The first kappa shape index (κ1) is 11.6. The molecule has 0 amide bonds. The van der Waals surface area contributed by atoms with Gasteiger partial charge in [0, 0.05) is 5.88 Å². The Hall–Kier alpha value is -0.490. The zero-order valence-electron chi connectivity index (χ0n) is 9.26. The minimum atomic E-state index is 0.642. The van der Waals surface area contributed by atoms with Crippen LogP contribution in [0.2, 0.25) is 0 Å². The van der Waals surface area contributed by atoms with Crippen molar-refractivity contribution in [3.63, 3.8) is 0 Å². The highest BCUT2D eigenvalue weighted by Crippen LogP contribution is 2.24. The SMILES string of the molecule is C/C(=C\CC1=CC(C)C(C)C=C1)CCl. The van der Waals surface area contributed by atoms with Crippen LogP contribution < -0.4 is 0 Å². The summed E-state index contributed by atoms with van der Waals surface area (Å²) in [6, 6.07) is 0. The van der Waals surface area contributed by atoms with Crippen molar-refractivity contribution in [2.75, 3.05) is 5.88 Å². The van der Waals surface area contributed by atoms with Gasteiger partial charge in [-0.05, 0) is 30.8 Å². The number of hydrogen-bond donors (Lipinski definition) is 0. The molecule has 0 aromatic carbocycles. The van der Waals surface area contributed by atoms with E-state index in [4.69, 9.17) is 11.6 Å². The van der Waals surface area contributed by atoms with Gasteiger partial charge in [0.25, 0.3) is 0 Å². The number of alkyl halides is 1. The van der Waals surface area contributed by atoms with E-state index in [2.05, 4.69) is 45.1 Å². The highest BCUT2D eigenvalue weighted by molar-refractivity contribution is 6.19. The summed E-state index contributed by atoms with van der Waals surface area (Å²) < 4.78 is 0. The number of allylic oxidation sites excluding steroid dienone is 6. The molecule has 2 unspecified atom stereocenters. The van der Waals surface area contributed by atoms with Crippen LogP contribution in [0, 0.1) is 11.8 Å². The van der Waals surface area contributed by atoms with E-state index >= 15 is 0 Å². The molecule has 0 saturated heterocycles. The lowest BCUT2D eigenvalue weighted by atomic mass is 9.87. The molecular formula is C13H19Cl. The second-order valence-corrected chi connectivity index (χ2v) is 4.47. The molecule has 0 fully saturated rings. The second-order valence-electron chi connectivity index (χ2n) is 4.21. The van der Waals surface area contributed by atoms with Gasteiger partial charge in [0.05, 0.1) is 0 Å². The Morgan fingerprint density at radius 1 is 1.43 bits per heavy atom. The van der Waals surface area contributed by atoms with Crippen molar-refractivity contribution in [3.05, 3.63) is 35.5 Å². The molecule has 0 aromatic rings. The van der Waals surface area contributed by atoms with E-state index in [1.165, 1.54) is 11.1 Å². The maximum atomic E-state index is 5.72. The van der Waals surface area contributed by atoms with E-state index in [0.717, 1.165) is 6.42 Å². The monoisotopic (exact) mass is 210 g/mol. The molecule has 0 bridgehead atoms. The van der Waals surface area contributed by atoms with E-state index in [-0.39, 0.29) is 0 Å². The van der Waals surface area contributed by atoms with Gasteiger partial charge >= 0.3 is 0 Å². The van der Waals surface area contributed by atoms with E-state index < -0.39 is 0 Å². The minimum Gasteiger partial charge on any atom is -0.122 e. The highest BCUT2D eigenvalue weighted by Gasteiger charge is 2.10. The first-order valence-electron chi connectivity index (χ1n) is 5.24. The summed E-state index contributed by atoms with van der Waals surface area (Å²) in [6.45, 7) is 6.60. The number of rotatable bonds is 3. The molecule has 0 aliphatic heterocycles. The normalized spacial score (nSPS) is 27.7. The van der Waals surface area contributed by atoms with Crippen molar-refractivity contribution in [1.29, 1.82) is 0 Å². The molecule has 1 aliphatic carbocycles. The Labute approximate surface area is 92.3 Å². The van der Waals surface area contributed by atoms with Gasteiger partial charge in [-0.15, -0.1) is 11.6 Å². The lowest BCUT2D eigenvalue weighted by molar-refractivity contribution is 0.547. The summed E-state index contributed by atoms with van der Waals surface area (Å²) in [7, 11) is 0. The second kappa shape index (κ2) is 5.41. The Morgan fingerprint density at radius 3 is 2.71 bits per heavy atom. The molecule has 1 rings (SSSR count). The van der Waals surface area contributed by atoms with Crippen LogP contribution in [0.15, 0.2) is 35.5 Å². The molecule has 1 aliphatic rings. The van der Waals surface area contributed by atoms with E-state index in [1.807, 2.05) is 0 Å². The third kappa shape index (κ3) is 3.34. The van der Waals surface area contributed by atoms with E-state index in [0.29, 0.717) is 17.7 Å². The van der Waals surface area contributed by atoms with Gasteiger partial charge in [0.15, 0.2) is 0 Å². The Morgan fingerprint density at radius 2 is 2.14 bits per heavy atom. The molecule has 14 heavy (non-hydrogen) atoms. The lowest BCUT2D eigenvalue weighted by Crippen LogP contribution is -2.06. The van der Waals surface area contributed by atoms with Crippen molar-refractivity contribution < 1.29 is 0 Å². The highest BCUT2D eigenvalue weighted by atomic mass is 35.5. The minimum absolute atomic E-state index is 0.642.